The van der Waals surface area contributed by atoms with Crippen molar-refractivity contribution >= 4 is 0 Å². The van der Waals surface area contributed by atoms with Crippen LogP contribution >= 0.6 is 0 Å². The first-order valence-electron chi connectivity index (χ1n) is 5.80. The highest BCUT2D eigenvalue weighted by molar-refractivity contribution is 5.43. The van der Waals surface area contributed by atoms with Crippen molar-refractivity contribution in [3.05, 3.63) is 23.8 Å². The third kappa shape index (κ3) is 3.16. The fraction of sp³-hybridized carbons (Fsp3) is 0.571. The van der Waals surface area contributed by atoms with Crippen LogP contribution in [-0.4, -0.2) is 14.2 Å². The van der Waals surface area contributed by atoms with Gasteiger partial charge in [0.25, 0.3) is 0 Å². The average Bonchev–Trinajstić information content (AvgIpc) is 2.27. The molecule has 1 unspecified atom stereocenters. The maximum atomic E-state index is 5.31. The molecule has 0 amide bonds. The van der Waals surface area contributed by atoms with E-state index in [-0.39, 0.29) is 0 Å². The topological polar surface area (TPSA) is 18.5 Å². The summed E-state index contributed by atoms with van der Waals surface area (Å²) >= 11 is 0. The molecule has 2 nitrogen and oxygen atoms in total. The molecule has 0 heterocycles. The van der Waals surface area contributed by atoms with Gasteiger partial charge in [-0.2, -0.15) is 0 Å². The van der Waals surface area contributed by atoms with Crippen LogP contribution in [0.15, 0.2) is 18.2 Å². The molecule has 0 radical (unpaired) electrons. The van der Waals surface area contributed by atoms with Crippen LogP contribution in [0.1, 0.15) is 38.7 Å². The molecule has 0 N–H and O–H groups in total. The minimum atomic E-state index is 0.555. The first-order chi connectivity index (χ1) is 7.58. The van der Waals surface area contributed by atoms with E-state index in [9.17, 15) is 0 Å². The summed E-state index contributed by atoms with van der Waals surface area (Å²) in [7, 11) is 3.34. The summed E-state index contributed by atoms with van der Waals surface area (Å²) < 4.78 is 10.5. The molecule has 1 aromatic carbocycles. The fourth-order valence-electron chi connectivity index (χ4n) is 2.00. The summed E-state index contributed by atoms with van der Waals surface area (Å²) in [6, 6.07) is 6.17. The number of benzene rings is 1. The van der Waals surface area contributed by atoms with Crippen LogP contribution in [0, 0.1) is 5.92 Å². The van der Waals surface area contributed by atoms with Crippen LogP contribution < -0.4 is 9.47 Å². The van der Waals surface area contributed by atoms with Gasteiger partial charge in [0, 0.05) is 0 Å². The Morgan fingerprint density at radius 3 is 2.12 bits per heavy atom. The van der Waals surface area contributed by atoms with E-state index >= 15 is 0 Å². The first-order valence-corrected chi connectivity index (χ1v) is 5.80. The maximum Gasteiger partial charge on any atom is 0.160 e. The second-order valence-corrected chi connectivity index (χ2v) is 4.65. The fourth-order valence-corrected chi connectivity index (χ4v) is 2.00. The van der Waals surface area contributed by atoms with Gasteiger partial charge in [-0.15, -0.1) is 0 Å². The lowest BCUT2D eigenvalue weighted by atomic mass is 9.92. The van der Waals surface area contributed by atoms with Gasteiger partial charge in [-0.25, -0.2) is 0 Å². The van der Waals surface area contributed by atoms with Crippen LogP contribution in [0.4, 0.5) is 0 Å². The predicted octanol–water partition coefficient (Wildman–Crippen LogP) is 3.85. The average molecular weight is 222 g/mol. The van der Waals surface area contributed by atoms with Crippen molar-refractivity contribution in [2.45, 2.75) is 33.1 Å². The highest BCUT2D eigenvalue weighted by atomic mass is 16.5. The zero-order chi connectivity index (χ0) is 12.1. The molecule has 1 atom stereocenters. The summed E-state index contributed by atoms with van der Waals surface area (Å²) in [5.41, 5.74) is 1.31. The lowest BCUT2D eigenvalue weighted by molar-refractivity contribution is 0.354. The van der Waals surface area contributed by atoms with Crippen LogP contribution in [0.2, 0.25) is 0 Å². The molecule has 1 rings (SSSR count). The zero-order valence-electron chi connectivity index (χ0n) is 10.9. The first kappa shape index (κ1) is 12.9. The smallest absolute Gasteiger partial charge is 0.160 e. The molecule has 0 spiro atoms. The Morgan fingerprint density at radius 1 is 1.00 bits per heavy atom. The highest BCUT2D eigenvalue weighted by Crippen LogP contribution is 2.32. The number of methoxy groups -OCH3 is 2. The highest BCUT2D eigenvalue weighted by Gasteiger charge is 2.11. The van der Waals surface area contributed by atoms with Crippen LogP contribution in [-0.2, 0) is 0 Å². The van der Waals surface area contributed by atoms with E-state index in [1.807, 2.05) is 6.07 Å². The van der Waals surface area contributed by atoms with E-state index in [1.54, 1.807) is 14.2 Å². The van der Waals surface area contributed by atoms with Gasteiger partial charge in [0.2, 0.25) is 0 Å². The molecule has 0 aliphatic rings. The van der Waals surface area contributed by atoms with E-state index in [1.165, 1.54) is 12.0 Å². The van der Waals surface area contributed by atoms with Crippen LogP contribution in [0.25, 0.3) is 0 Å². The third-order valence-corrected chi connectivity index (χ3v) is 2.80. The standard InChI is InChI=1S/C14H22O2/c1-10(2)8-11(3)12-6-7-13(15-4)14(9-12)16-5/h6-7,9-11H,8H2,1-5H3. The zero-order valence-corrected chi connectivity index (χ0v) is 10.9. The molecular weight excluding hydrogens is 200 g/mol. The van der Waals surface area contributed by atoms with Crippen molar-refractivity contribution in [1.29, 1.82) is 0 Å². The number of hydrogen-bond acceptors (Lipinski definition) is 2. The molecule has 0 saturated carbocycles. The Hall–Kier alpha value is -1.18. The van der Waals surface area contributed by atoms with Crippen molar-refractivity contribution in [2.75, 3.05) is 14.2 Å². The van der Waals surface area contributed by atoms with Gasteiger partial charge in [0.05, 0.1) is 14.2 Å². The number of hydrogen-bond donors (Lipinski definition) is 0. The summed E-state index contributed by atoms with van der Waals surface area (Å²) in [5, 5.41) is 0. The monoisotopic (exact) mass is 222 g/mol. The molecule has 0 bridgehead atoms. The molecule has 0 fully saturated rings. The SMILES string of the molecule is COc1ccc(C(C)CC(C)C)cc1OC. The molecule has 0 aromatic heterocycles. The Labute approximate surface area is 98.6 Å². The van der Waals surface area contributed by atoms with Crippen LogP contribution in [0.3, 0.4) is 0 Å². The molecule has 0 aliphatic carbocycles. The molecule has 0 aliphatic heterocycles. The summed E-state index contributed by atoms with van der Waals surface area (Å²) in [6.45, 7) is 6.75. The molecule has 90 valence electrons. The predicted molar refractivity (Wildman–Crippen MR) is 67.4 cm³/mol. The molecule has 0 saturated heterocycles. The van der Waals surface area contributed by atoms with Crippen molar-refractivity contribution < 1.29 is 9.47 Å². The van der Waals surface area contributed by atoms with Gasteiger partial charge in [-0.05, 0) is 36.0 Å². The van der Waals surface area contributed by atoms with Crippen LogP contribution in [0.5, 0.6) is 11.5 Å². The lowest BCUT2D eigenvalue weighted by Crippen LogP contribution is -2.00. The van der Waals surface area contributed by atoms with Gasteiger partial charge in [0.1, 0.15) is 0 Å². The summed E-state index contributed by atoms with van der Waals surface area (Å²) in [4.78, 5) is 0. The van der Waals surface area contributed by atoms with Crippen molar-refractivity contribution in [3.8, 4) is 11.5 Å². The second kappa shape index (κ2) is 5.78. The molecule has 2 heteroatoms. The Bertz CT molecular complexity index is 332. The van der Waals surface area contributed by atoms with E-state index in [0.29, 0.717) is 11.8 Å². The largest absolute Gasteiger partial charge is 0.493 e. The van der Waals surface area contributed by atoms with E-state index in [0.717, 1.165) is 11.5 Å². The van der Waals surface area contributed by atoms with E-state index < -0.39 is 0 Å². The minimum Gasteiger partial charge on any atom is -0.493 e. The number of rotatable bonds is 5. The summed E-state index contributed by atoms with van der Waals surface area (Å²) in [5.74, 6) is 2.88. The molecular formula is C14H22O2. The number of ether oxygens (including phenoxy) is 2. The Morgan fingerprint density at radius 2 is 1.62 bits per heavy atom. The Balaban J connectivity index is 2.89. The van der Waals surface area contributed by atoms with Crippen molar-refractivity contribution in [3.63, 3.8) is 0 Å². The van der Waals surface area contributed by atoms with E-state index in [2.05, 4.69) is 32.9 Å². The van der Waals surface area contributed by atoms with E-state index in [4.69, 9.17) is 9.47 Å². The normalized spacial score (nSPS) is 12.6. The Kier molecular flexibility index (Phi) is 4.66. The summed E-state index contributed by atoms with van der Waals surface area (Å²) in [6.07, 6.45) is 1.19. The quantitative estimate of drug-likeness (QED) is 0.753. The van der Waals surface area contributed by atoms with Gasteiger partial charge >= 0.3 is 0 Å². The molecule has 1 aromatic rings. The molecule has 16 heavy (non-hydrogen) atoms. The maximum absolute atomic E-state index is 5.31. The van der Waals surface area contributed by atoms with Crippen molar-refractivity contribution in [1.82, 2.24) is 0 Å². The van der Waals surface area contributed by atoms with Gasteiger partial charge in [-0.1, -0.05) is 26.8 Å². The van der Waals surface area contributed by atoms with Crippen molar-refractivity contribution in [2.24, 2.45) is 5.92 Å². The van der Waals surface area contributed by atoms with Gasteiger partial charge < -0.3 is 9.47 Å². The third-order valence-electron chi connectivity index (χ3n) is 2.80. The lowest BCUT2D eigenvalue weighted by Gasteiger charge is -2.16. The van der Waals surface area contributed by atoms with Gasteiger partial charge in [0.15, 0.2) is 11.5 Å². The second-order valence-electron chi connectivity index (χ2n) is 4.65. The minimum absolute atomic E-state index is 0.555. The van der Waals surface area contributed by atoms with Gasteiger partial charge in [-0.3, -0.25) is 0 Å².